The maximum Gasteiger partial charge on any atom is 0.416 e. The molecule has 3 aromatic rings. The van der Waals surface area contributed by atoms with Gasteiger partial charge in [-0.25, -0.2) is 8.42 Å². The van der Waals surface area contributed by atoms with E-state index in [1.165, 1.54) is 0 Å². The molecule has 0 bridgehead atoms. The molecule has 38 heavy (non-hydrogen) atoms. The fraction of sp³-hybridized carbons (Fsp3) is 0.259. The number of hydrogen-bond donors (Lipinski definition) is 2. The third-order valence-corrected chi connectivity index (χ3v) is 8.10. The number of amides is 2. The molecule has 1 atom stereocenters. The predicted molar refractivity (Wildman–Crippen MR) is 136 cm³/mol. The maximum absolute atomic E-state index is 13.6. The van der Waals surface area contributed by atoms with E-state index in [2.05, 4.69) is 10.6 Å². The number of hydrogen-bond acceptors (Lipinski definition) is 4. The molecule has 1 aliphatic rings. The van der Waals surface area contributed by atoms with Crippen molar-refractivity contribution in [3.05, 3.63) is 95.6 Å². The lowest BCUT2D eigenvalue weighted by atomic mass is 10.1. The van der Waals surface area contributed by atoms with Crippen LogP contribution >= 0.6 is 0 Å². The van der Waals surface area contributed by atoms with Crippen LogP contribution < -0.4 is 10.6 Å². The molecule has 3 aromatic carbocycles. The minimum absolute atomic E-state index is 0.186. The fourth-order valence-corrected chi connectivity index (χ4v) is 5.78. The number of carbonyl (C=O) groups excluding carboxylic acids is 2. The Morgan fingerprint density at radius 2 is 1.61 bits per heavy atom. The monoisotopic (exact) mass is 545 g/mol. The Morgan fingerprint density at radius 1 is 0.947 bits per heavy atom. The van der Waals surface area contributed by atoms with Crippen LogP contribution in [0.3, 0.4) is 0 Å². The summed E-state index contributed by atoms with van der Waals surface area (Å²) in [5.41, 5.74) is 0.537. The molecule has 11 heteroatoms. The lowest BCUT2D eigenvalue weighted by Crippen LogP contribution is -2.48. The van der Waals surface area contributed by atoms with Crippen LogP contribution in [0, 0.1) is 0 Å². The number of sulfonamides is 1. The molecule has 1 aliphatic heterocycles. The minimum Gasteiger partial charge on any atom is -0.355 e. The van der Waals surface area contributed by atoms with Gasteiger partial charge in [0.15, 0.2) is 0 Å². The first-order valence-electron chi connectivity index (χ1n) is 12.0. The molecule has 1 heterocycles. The molecule has 4 rings (SSSR count). The van der Waals surface area contributed by atoms with Crippen LogP contribution in [0.2, 0.25) is 0 Å². The molecule has 0 radical (unpaired) electrons. The molecule has 0 saturated carbocycles. The van der Waals surface area contributed by atoms with Gasteiger partial charge in [-0.05, 0) is 73.4 Å². The summed E-state index contributed by atoms with van der Waals surface area (Å²) in [5.74, 6) is -0.760. The van der Waals surface area contributed by atoms with Gasteiger partial charge >= 0.3 is 6.18 Å². The lowest BCUT2D eigenvalue weighted by molar-refractivity contribution is -0.137. The second-order valence-electron chi connectivity index (χ2n) is 8.89. The van der Waals surface area contributed by atoms with Crippen LogP contribution in [-0.4, -0.2) is 37.1 Å². The van der Waals surface area contributed by atoms with E-state index in [4.69, 9.17) is 0 Å². The summed E-state index contributed by atoms with van der Waals surface area (Å²) in [7, 11) is -4.34. The molecule has 1 saturated heterocycles. The zero-order chi connectivity index (χ0) is 27.3. The fourth-order valence-electron chi connectivity index (χ4n) is 4.18. The third kappa shape index (κ3) is 6.40. The Labute approximate surface area is 218 Å². The van der Waals surface area contributed by atoms with Crippen LogP contribution in [0.15, 0.2) is 83.8 Å². The Balaban J connectivity index is 1.60. The van der Waals surface area contributed by atoms with Crippen LogP contribution in [0.5, 0.6) is 0 Å². The lowest BCUT2D eigenvalue weighted by Gasteiger charge is -2.29. The highest BCUT2D eigenvalue weighted by Crippen LogP contribution is 2.31. The summed E-state index contributed by atoms with van der Waals surface area (Å²) in [6.07, 6.45) is -3.04. The van der Waals surface area contributed by atoms with E-state index in [0.29, 0.717) is 48.3 Å². The number of halogens is 3. The maximum atomic E-state index is 13.6. The van der Waals surface area contributed by atoms with Crippen molar-refractivity contribution in [1.82, 2.24) is 9.62 Å². The number of nitrogens with one attached hydrogen (secondary N) is 2. The first kappa shape index (κ1) is 27.3. The van der Waals surface area contributed by atoms with Gasteiger partial charge in [-0.15, -0.1) is 0 Å². The topological polar surface area (TPSA) is 95.6 Å². The number of benzene rings is 3. The van der Waals surface area contributed by atoms with E-state index in [-0.39, 0.29) is 23.8 Å². The molecular weight excluding hydrogens is 519 g/mol. The Hall–Kier alpha value is -3.70. The van der Waals surface area contributed by atoms with Crippen molar-refractivity contribution in [2.45, 2.75) is 42.9 Å². The number of alkyl halides is 3. The highest BCUT2D eigenvalue weighted by molar-refractivity contribution is 7.89. The molecule has 1 fully saturated rings. The summed E-state index contributed by atoms with van der Waals surface area (Å²) < 4.78 is 67.4. The average Bonchev–Trinajstić information content (AvgIpc) is 3.12. The first-order chi connectivity index (χ1) is 18.1. The zero-order valence-corrected chi connectivity index (χ0v) is 21.1. The molecule has 2 N–H and O–H groups in total. The van der Waals surface area contributed by atoms with Gasteiger partial charge in [-0.2, -0.15) is 17.5 Å². The van der Waals surface area contributed by atoms with Crippen LogP contribution in [0.1, 0.15) is 40.7 Å². The first-order valence-corrected chi connectivity index (χ1v) is 13.4. The SMILES string of the molecule is O=C(Nc1ccc(CN(C2CCCCNC2=O)S(=O)(=O)c2ccc(C(F)(F)F)cc2)cc1)c1ccccc1. The van der Waals surface area contributed by atoms with Gasteiger partial charge in [0, 0.05) is 24.3 Å². The van der Waals surface area contributed by atoms with Gasteiger partial charge in [-0.3, -0.25) is 9.59 Å². The van der Waals surface area contributed by atoms with E-state index >= 15 is 0 Å². The van der Waals surface area contributed by atoms with Crippen molar-refractivity contribution >= 4 is 27.5 Å². The van der Waals surface area contributed by atoms with Gasteiger partial charge in [0.1, 0.15) is 6.04 Å². The van der Waals surface area contributed by atoms with Crippen molar-refractivity contribution in [1.29, 1.82) is 0 Å². The van der Waals surface area contributed by atoms with E-state index < -0.39 is 33.7 Å². The largest absolute Gasteiger partial charge is 0.416 e. The smallest absolute Gasteiger partial charge is 0.355 e. The third-order valence-electron chi connectivity index (χ3n) is 6.23. The molecule has 200 valence electrons. The second-order valence-corrected chi connectivity index (χ2v) is 10.8. The van der Waals surface area contributed by atoms with E-state index in [1.54, 1.807) is 54.6 Å². The van der Waals surface area contributed by atoms with Gasteiger partial charge in [0.05, 0.1) is 10.5 Å². The predicted octanol–water partition coefficient (Wildman–Crippen LogP) is 4.82. The molecule has 7 nitrogen and oxygen atoms in total. The van der Waals surface area contributed by atoms with Crippen molar-refractivity contribution < 1.29 is 31.2 Å². The molecular formula is C27H26F3N3O4S. The zero-order valence-electron chi connectivity index (χ0n) is 20.2. The molecule has 0 spiro atoms. The summed E-state index contributed by atoms with van der Waals surface area (Å²) in [6.45, 7) is 0.230. The van der Waals surface area contributed by atoms with Crippen molar-refractivity contribution in [2.24, 2.45) is 0 Å². The summed E-state index contributed by atoms with van der Waals surface area (Å²) >= 11 is 0. The highest BCUT2D eigenvalue weighted by Gasteiger charge is 2.37. The van der Waals surface area contributed by atoms with Gasteiger partial charge in [-0.1, -0.05) is 30.3 Å². The van der Waals surface area contributed by atoms with E-state index in [1.807, 2.05) is 0 Å². The minimum atomic E-state index is -4.61. The molecule has 0 aromatic heterocycles. The number of anilines is 1. The molecule has 2 amide bonds. The van der Waals surface area contributed by atoms with Crippen molar-refractivity contribution in [3.63, 3.8) is 0 Å². The highest BCUT2D eigenvalue weighted by atomic mass is 32.2. The number of rotatable bonds is 7. The normalized spacial score (nSPS) is 16.5. The van der Waals surface area contributed by atoms with Gasteiger partial charge < -0.3 is 10.6 Å². The van der Waals surface area contributed by atoms with Gasteiger partial charge in [0.25, 0.3) is 5.91 Å². The molecule has 1 unspecified atom stereocenters. The van der Waals surface area contributed by atoms with Gasteiger partial charge in [0.2, 0.25) is 15.9 Å². The van der Waals surface area contributed by atoms with Crippen LogP contribution in [0.4, 0.5) is 18.9 Å². The van der Waals surface area contributed by atoms with Crippen LogP contribution in [0.25, 0.3) is 0 Å². The summed E-state index contributed by atoms with van der Waals surface area (Å²) in [5, 5.41) is 5.48. The number of carbonyl (C=O) groups is 2. The average molecular weight is 546 g/mol. The van der Waals surface area contributed by atoms with E-state index in [0.717, 1.165) is 16.4 Å². The number of nitrogens with zero attached hydrogens (tertiary/aromatic N) is 1. The Morgan fingerprint density at radius 3 is 2.24 bits per heavy atom. The standard InChI is InChI=1S/C27H26F3N3O4S/c28-27(29,30)21-11-15-23(16-12-21)38(36,37)33(24-8-4-5-17-31-26(24)35)18-19-9-13-22(14-10-19)32-25(34)20-6-2-1-3-7-20/h1-3,6-7,9-16,24H,4-5,8,17-18H2,(H,31,35)(H,32,34). The molecule has 0 aliphatic carbocycles. The summed E-state index contributed by atoms with van der Waals surface area (Å²) in [4.78, 5) is 24.9. The Kier molecular flexibility index (Phi) is 8.17. The Bertz CT molecular complexity index is 1380. The van der Waals surface area contributed by atoms with E-state index in [9.17, 15) is 31.2 Å². The summed E-state index contributed by atoms with van der Waals surface area (Å²) in [6, 6.07) is 17.3. The van der Waals surface area contributed by atoms with Crippen molar-refractivity contribution in [3.8, 4) is 0 Å². The quantitative estimate of drug-likeness (QED) is 0.445. The second kappa shape index (κ2) is 11.4. The van der Waals surface area contributed by atoms with Crippen molar-refractivity contribution in [2.75, 3.05) is 11.9 Å². The van der Waals surface area contributed by atoms with Crippen LogP contribution in [-0.2, 0) is 27.5 Å².